The summed E-state index contributed by atoms with van der Waals surface area (Å²) < 4.78 is 105. The summed E-state index contributed by atoms with van der Waals surface area (Å²) in [5.41, 5.74) is -2.42. The summed E-state index contributed by atoms with van der Waals surface area (Å²) in [5, 5.41) is 21.7. The summed E-state index contributed by atoms with van der Waals surface area (Å²) in [7, 11) is -14.6. The van der Waals surface area contributed by atoms with Crippen LogP contribution in [0.4, 0.5) is 29.0 Å². The highest BCUT2D eigenvalue weighted by Gasteiger charge is 2.29. The van der Waals surface area contributed by atoms with Gasteiger partial charge in [0, 0.05) is 23.9 Å². The molecule has 8 N–H and O–H groups in total. The van der Waals surface area contributed by atoms with Gasteiger partial charge in [-0.1, -0.05) is 30.3 Å². The van der Waals surface area contributed by atoms with Crippen LogP contribution in [0.15, 0.2) is 84.3 Å². The Morgan fingerprint density at radius 2 is 1.57 bits per heavy atom. The van der Waals surface area contributed by atoms with Crippen molar-refractivity contribution in [3.8, 4) is 5.75 Å². The Hall–Kier alpha value is -4.78. The number of phenolic OH excluding ortho intramolecular Hbond substituents is 1. The number of fused-ring (bicyclic) bond motifs is 2. The van der Waals surface area contributed by atoms with Crippen LogP contribution >= 0.6 is 10.9 Å². The molecule has 0 unspecified atom stereocenters. The van der Waals surface area contributed by atoms with Gasteiger partial charge in [0.1, 0.15) is 27.1 Å². The lowest BCUT2D eigenvalue weighted by Gasteiger charge is -2.26. The number of nitrogens with one attached hydrogen (secondary N) is 2. The fourth-order valence-corrected chi connectivity index (χ4v) is 7.22. The van der Waals surface area contributed by atoms with Gasteiger partial charge in [0.2, 0.25) is 11.9 Å². The maximum atomic E-state index is 12.5. The quantitative estimate of drug-likeness (QED) is 0.0816. The number of aromatic amines is 1. The Kier molecular flexibility index (Phi) is 8.76. The lowest BCUT2D eigenvalue weighted by molar-refractivity contribution is 0.122. The van der Waals surface area contributed by atoms with Crippen LogP contribution < -0.4 is 15.9 Å². The predicted molar refractivity (Wildman–Crippen MR) is 176 cm³/mol. The fourth-order valence-electron chi connectivity index (χ4n) is 5.16. The van der Waals surface area contributed by atoms with Gasteiger partial charge in [0.05, 0.1) is 28.7 Å². The van der Waals surface area contributed by atoms with Gasteiger partial charge >= 0.3 is 5.69 Å². The molecule has 1 aliphatic heterocycles. The Morgan fingerprint density at radius 3 is 2.24 bits per heavy atom. The molecule has 0 saturated carbocycles. The summed E-state index contributed by atoms with van der Waals surface area (Å²) in [5.74, 6) is -1.25. The Morgan fingerprint density at radius 1 is 0.857 bits per heavy atom. The minimum absolute atomic E-state index is 0.00922. The maximum Gasteiger partial charge on any atom is 0.351 e. The molecule has 49 heavy (non-hydrogen) atoms. The third-order valence-electron chi connectivity index (χ3n) is 7.28. The second-order valence-corrected chi connectivity index (χ2v) is 14.7. The minimum Gasteiger partial charge on any atom is -0.505 e. The Bertz CT molecular complexity index is 2440. The summed E-state index contributed by atoms with van der Waals surface area (Å²) in [4.78, 5) is 22.2. The van der Waals surface area contributed by atoms with E-state index in [4.69, 9.17) is 4.74 Å². The van der Waals surface area contributed by atoms with Crippen molar-refractivity contribution in [2.45, 2.75) is 14.7 Å². The van der Waals surface area contributed by atoms with Crippen molar-refractivity contribution >= 4 is 81.6 Å². The molecule has 0 atom stereocenters. The molecule has 5 aromatic rings. The first-order valence-corrected chi connectivity index (χ1v) is 18.2. The summed E-state index contributed by atoms with van der Waals surface area (Å²) in [6.45, 7) is 1.38. The highest BCUT2D eigenvalue weighted by atomic mass is 32.3. The molecule has 4 aromatic carbocycles. The number of phenols is 1. The second-order valence-electron chi connectivity index (χ2n) is 10.5. The molecule has 6 rings (SSSR count). The summed E-state index contributed by atoms with van der Waals surface area (Å²) >= 11 is 0. The first kappa shape index (κ1) is 34.1. The van der Waals surface area contributed by atoms with E-state index in [1.165, 1.54) is 24.3 Å². The molecule has 1 aliphatic rings. The molecule has 0 spiro atoms. The number of morpholine rings is 1. The van der Waals surface area contributed by atoms with Gasteiger partial charge in [-0.3, -0.25) is 14.1 Å². The fraction of sp³-hybridized carbons (Fsp3) is 0.148. The van der Waals surface area contributed by atoms with Crippen LogP contribution in [0.25, 0.3) is 21.5 Å². The van der Waals surface area contributed by atoms with Gasteiger partial charge < -0.3 is 33.7 Å². The zero-order chi connectivity index (χ0) is 35.3. The van der Waals surface area contributed by atoms with Crippen molar-refractivity contribution in [2.24, 2.45) is 10.2 Å². The zero-order valence-corrected chi connectivity index (χ0v) is 27.1. The molecule has 1 saturated heterocycles. The molecular weight excluding hydrogens is 711 g/mol. The monoisotopic (exact) mass is 735 g/mol. The minimum atomic E-state index is -4.95. The van der Waals surface area contributed by atoms with Crippen molar-refractivity contribution in [3.63, 3.8) is 0 Å². The van der Waals surface area contributed by atoms with Crippen molar-refractivity contribution in [1.29, 1.82) is 0 Å². The third-order valence-corrected chi connectivity index (χ3v) is 9.95. The first-order valence-electron chi connectivity index (χ1n) is 13.8. The number of hydrogen-bond donors (Lipinski definition) is 8. The van der Waals surface area contributed by atoms with Gasteiger partial charge in [-0.05, 0) is 35.0 Å². The maximum absolute atomic E-state index is 12.5. The zero-order valence-electron chi connectivity index (χ0n) is 24.6. The standard InChI is InChI=1S/C27H25N7O12S3/c35-23-21-15(11-16(47(37,38)39)13-19(21)28-25-29-26(31-27(36)30-25)34-7-9-46-10-8-34)12-20(48(40,41)42)22(23)33-32-18-6-5-14-3-1-2-4-17(14)24(18)49(43,44)45/h1-6,11-13,35,40-42H,7-10H2,(H,37,38,39)(H,43,44,45)(H2,28,29,30,31,36). The Labute approximate surface area is 277 Å². The molecule has 1 aromatic heterocycles. The molecule has 2 heterocycles. The van der Waals surface area contributed by atoms with Gasteiger partial charge in [-0.25, -0.2) is 4.79 Å². The van der Waals surface area contributed by atoms with Gasteiger partial charge in [0.25, 0.3) is 20.2 Å². The van der Waals surface area contributed by atoms with Crippen molar-refractivity contribution < 1.29 is 49.4 Å². The van der Waals surface area contributed by atoms with Crippen LogP contribution in [-0.4, -0.2) is 86.0 Å². The first-order chi connectivity index (χ1) is 23.0. The summed E-state index contributed by atoms with van der Waals surface area (Å²) in [6.07, 6.45) is 0. The number of benzene rings is 4. The van der Waals surface area contributed by atoms with E-state index in [1.807, 2.05) is 0 Å². The van der Waals surface area contributed by atoms with E-state index in [0.717, 1.165) is 18.2 Å². The number of hydrogen-bond acceptors (Lipinski definition) is 16. The van der Waals surface area contributed by atoms with E-state index < -0.39 is 68.6 Å². The van der Waals surface area contributed by atoms with E-state index in [1.54, 1.807) is 17.0 Å². The number of ether oxygens (including phenoxy) is 1. The second kappa shape index (κ2) is 12.6. The van der Waals surface area contributed by atoms with E-state index in [-0.39, 0.29) is 33.7 Å². The smallest absolute Gasteiger partial charge is 0.351 e. The lowest BCUT2D eigenvalue weighted by atomic mass is 10.1. The van der Waals surface area contributed by atoms with E-state index in [0.29, 0.717) is 31.7 Å². The van der Waals surface area contributed by atoms with Gasteiger partial charge in [0.15, 0.2) is 5.75 Å². The van der Waals surface area contributed by atoms with Gasteiger partial charge in [-0.2, -0.15) is 26.8 Å². The average Bonchev–Trinajstić information content (AvgIpc) is 3.02. The molecule has 19 nitrogen and oxygen atoms in total. The van der Waals surface area contributed by atoms with Crippen molar-refractivity contribution in [1.82, 2.24) is 15.0 Å². The molecule has 22 heteroatoms. The number of aromatic nitrogens is 3. The molecule has 0 bridgehead atoms. The van der Waals surface area contributed by atoms with Crippen LogP contribution in [0.2, 0.25) is 0 Å². The lowest BCUT2D eigenvalue weighted by Crippen LogP contribution is -2.38. The number of rotatable bonds is 8. The average molecular weight is 736 g/mol. The van der Waals surface area contributed by atoms with Crippen LogP contribution in [0, 0.1) is 0 Å². The third kappa shape index (κ3) is 7.03. The largest absolute Gasteiger partial charge is 0.505 e. The number of azo groups is 1. The molecule has 0 radical (unpaired) electrons. The number of aromatic hydroxyl groups is 1. The van der Waals surface area contributed by atoms with Crippen LogP contribution in [0.3, 0.4) is 0 Å². The molecule has 258 valence electrons. The molecule has 0 amide bonds. The van der Waals surface area contributed by atoms with Crippen molar-refractivity contribution in [2.75, 3.05) is 36.5 Å². The van der Waals surface area contributed by atoms with E-state index in [9.17, 15) is 49.5 Å². The topological polar surface area (TPSA) is 298 Å². The molecule has 0 aliphatic carbocycles. The highest BCUT2D eigenvalue weighted by Crippen LogP contribution is 2.55. The Balaban J connectivity index is 1.57. The van der Waals surface area contributed by atoms with E-state index >= 15 is 0 Å². The summed E-state index contributed by atoms with van der Waals surface area (Å²) in [6, 6.07) is 11.3. The van der Waals surface area contributed by atoms with E-state index in [2.05, 4.69) is 30.5 Å². The normalized spacial score (nSPS) is 14.9. The van der Waals surface area contributed by atoms with Crippen LogP contribution in [0.5, 0.6) is 5.75 Å². The van der Waals surface area contributed by atoms with Crippen LogP contribution in [-0.2, 0) is 25.0 Å². The molecule has 1 fully saturated rings. The molecular formula is C27H25N7O12S3. The number of anilines is 3. The van der Waals surface area contributed by atoms with Crippen molar-refractivity contribution in [3.05, 3.63) is 65.1 Å². The number of nitrogens with zero attached hydrogens (tertiary/aromatic N) is 5. The highest BCUT2D eigenvalue weighted by molar-refractivity contribution is 8.19. The predicted octanol–water partition coefficient (Wildman–Crippen LogP) is 4.25. The van der Waals surface area contributed by atoms with Gasteiger partial charge in [-0.15, -0.1) is 10.2 Å². The number of H-pyrrole nitrogens is 1. The van der Waals surface area contributed by atoms with Crippen LogP contribution in [0.1, 0.15) is 0 Å². The SMILES string of the molecule is O=c1nc(N2CCOCC2)nc(Nc2cc(S(=O)(=O)O)cc3cc(S(O)(O)O)c(N=Nc4ccc5ccccc5c4S(=O)(=O)O)c(O)c23)[nH]1.